The first-order valence-corrected chi connectivity index (χ1v) is 8.57. The number of rotatable bonds is 15. The van der Waals surface area contributed by atoms with Crippen molar-refractivity contribution in [1.29, 1.82) is 0 Å². The molecule has 1 unspecified atom stereocenters. The van der Waals surface area contributed by atoms with Crippen molar-refractivity contribution in [2.24, 2.45) is 0 Å². The fraction of sp³-hybridized carbons (Fsp3) is 0.824. The van der Waals surface area contributed by atoms with Gasteiger partial charge in [0.1, 0.15) is 19.6 Å². The highest BCUT2D eigenvalue weighted by Gasteiger charge is 2.37. The van der Waals surface area contributed by atoms with Crippen LogP contribution in [0.5, 0.6) is 0 Å². The van der Waals surface area contributed by atoms with Gasteiger partial charge in [-0.3, -0.25) is 0 Å². The minimum Gasteiger partial charge on any atom is -0.477 e. The lowest BCUT2D eigenvalue weighted by molar-refractivity contribution is -0.942. The van der Waals surface area contributed by atoms with E-state index in [1.54, 1.807) is 6.92 Å². The summed E-state index contributed by atoms with van der Waals surface area (Å²) in [6.07, 6.45) is 8.53. The number of allylic oxidation sites excluding steroid dienone is 2. The maximum atomic E-state index is 11.3. The summed E-state index contributed by atoms with van der Waals surface area (Å²) in [6.45, 7) is 5.68. The predicted molar refractivity (Wildman–Crippen MR) is 90.2 cm³/mol. The van der Waals surface area contributed by atoms with Crippen LogP contribution in [0.1, 0.15) is 39.5 Å². The fourth-order valence-corrected chi connectivity index (χ4v) is 2.60. The summed E-state index contributed by atoms with van der Waals surface area (Å²) in [4.78, 5) is 11.3. The zero-order valence-electron chi connectivity index (χ0n) is 14.6. The summed E-state index contributed by atoms with van der Waals surface area (Å²) in [5.74, 6) is -0.923. The molecular formula is C17H34NO5+. The van der Waals surface area contributed by atoms with Gasteiger partial charge in [-0.25, -0.2) is 4.79 Å². The van der Waals surface area contributed by atoms with Crippen LogP contribution in [-0.2, 0) is 9.53 Å². The van der Waals surface area contributed by atoms with Gasteiger partial charge in [0.05, 0.1) is 19.8 Å². The number of quaternary nitrogens is 1. The standard InChI is InChI=1S/C17H33NO5/c1-3-4-5-6-7-8-14-23-15-11-18(9-12-19,10-13-20)16(2)17(21)22/h5-6,16,19-20H,3-4,7-15H2,1-2H3/p+1/b6-5+. The molecule has 6 nitrogen and oxygen atoms in total. The second-order valence-electron chi connectivity index (χ2n) is 5.87. The van der Waals surface area contributed by atoms with Crippen LogP contribution < -0.4 is 0 Å². The van der Waals surface area contributed by atoms with Crippen molar-refractivity contribution in [3.63, 3.8) is 0 Å². The van der Waals surface area contributed by atoms with Crippen LogP contribution in [-0.4, -0.2) is 77.9 Å². The molecule has 136 valence electrons. The molecule has 0 aromatic heterocycles. The van der Waals surface area contributed by atoms with Gasteiger partial charge in [-0.15, -0.1) is 0 Å². The maximum absolute atomic E-state index is 11.3. The Balaban J connectivity index is 4.26. The Kier molecular flexibility index (Phi) is 12.9. The van der Waals surface area contributed by atoms with Crippen molar-refractivity contribution in [2.45, 2.75) is 45.6 Å². The molecule has 0 fully saturated rings. The van der Waals surface area contributed by atoms with Crippen LogP contribution in [0.25, 0.3) is 0 Å². The van der Waals surface area contributed by atoms with Gasteiger partial charge in [0.25, 0.3) is 0 Å². The number of carboxylic acid groups (broad SMARTS) is 1. The SMILES string of the molecule is CCC/C=C/CCCOCC[N+](CCO)(CCO)C(C)C(=O)O. The van der Waals surface area contributed by atoms with E-state index in [1.807, 2.05) is 0 Å². The van der Waals surface area contributed by atoms with Crippen LogP contribution in [0, 0.1) is 0 Å². The van der Waals surface area contributed by atoms with Gasteiger partial charge in [-0.2, -0.15) is 0 Å². The number of aliphatic carboxylic acids is 1. The van der Waals surface area contributed by atoms with Crippen molar-refractivity contribution in [3.05, 3.63) is 12.2 Å². The smallest absolute Gasteiger partial charge is 0.362 e. The summed E-state index contributed by atoms with van der Waals surface area (Å²) < 4.78 is 5.75. The maximum Gasteiger partial charge on any atom is 0.362 e. The zero-order valence-corrected chi connectivity index (χ0v) is 14.6. The molecule has 0 heterocycles. The van der Waals surface area contributed by atoms with E-state index in [2.05, 4.69) is 19.1 Å². The van der Waals surface area contributed by atoms with Crippen molar-refractivity contribution >= 4 is 5.97 Å². The topological polar surface area (TPSA) is 87.0 Å². The Morgan fingerprint density at radius 1 is 1.09 bits per heavy atom. The molecule has 6 heteroatoms. The summed E-state index contributed by atoms with van der Waals surface area (Å²) in [6, 6.07) is -0.685. The van der Waals surface area contributed by atoms with E-state index in [0.717, 1.165) is 25.7 Å². The Morgan fingerprint density at radius 2 is 1.70 bits per heavy atom. The van der Waals surface area contributed by atoms with Gasteiger partial charge in [0.2, 0.25) is 0 Å². The highest BCUT2D eigenvalue weighted by atomic mass is 16.5. The number of carbonyl (C=O) groups is 1. The number of aliphatic hydroxyl groups is 2. The molecule has 0 aliphatic rings. The van der Waals surface area contributed by atoms with Gasteiger partial charge in [0.15, 0.2) is 6.04 Å². The molecule has 0 spiro atoms. The van der Waals surface area contributed by atoms with Crippen molar-refractivity contribution in [1.82, 2.24) is 0 Å². The third-order valence-electron chi connectivity index (χ3n) is 4.23. The molecule has 0 amide bonds. The summed E-state index contributed by atoms with van der Waals surface area (Å²) in [5, 5.41) is 27.8. The molecule has 0 aromatic carbocycles. The lowest BCUT2D eigenvalue weighted by Gasteiger charge is -2.40. The number of carboxylic acids is 1. The normalized spacial score (nSPS) is 13.6. The molecule has 0 saturated carbocycles. The van der Waals surface area contributed by atoms with Crippen molar-refractivity contribution in [3.8, 4) is 0 Å². The Labute approximate surface area is 140 Å². The number of unbranched alkanes of at least 4 members (excludes halogenated alkanes) is 2. The number of hydrogen-bond donors (Lipinski definition) is 3. The van der Waals surface area contributed by atoms with Gasteiger partial charge in [-0.1, -0.05) is 25.5 Å². The van der Waals surface area contributed by atoms with Crippen LogP contribution in [0.15, 0.2) is 12.2 Å². The van der Waals surface area contributed by atoms with Crippen molar-refractivity contribution < 1.29 is 29.3 Å². The lowest BCUT2D eigenvalue weighted by Crippen LogP contribution is -2.61. The summed E-state index contributed by atoms with van der Waals surface area (Å²) >= 11 is 0. The van der Waals surface area contributed by atoms with E-state index in [1.165, 1.54) is 0 Å². The average molecular weight is 332 g/mol. The molecule has 1 atom stereocenters. The molecule has 0 aliphatic carbocycles. The minimum absolute atomic E-state index is 0.111. The Morgan fingerprint density at radius 3 is 2.22 bits per heavy atom. The van der Waals surface area contributed by atoms with E-state index < -0.39 is 12.0 Å². The summed E-state index contributed by atoms with van der Waals surface area (Å²) in [7, 11) is 0. The third kappa shape index (κ3) is 9.05. The number of nitrogens with zero attached hydrogens (tertiary/aromatic N) is 1. The van der Waals surface area contributed by atoms with Gasteiger partial charge >= 0.3 is 5.97 Å². The van der Waals surface area contributed by atoms with Crippen LogP contribution in [0.3, 0.4) is 0 Å². The first kappa shape index (κ1) is 22.1. The highest BCUT2D eigenvalue weighted by Crippen LogP contribution is 2.14. The molecule has 0 saturated heterocycles. The highest BCUT2D eigenvalue weighted by molar-refractivity contribution is 5.71. The monoisotopic (exact) mass is 332 g/mol. The number of aliphatic hydroxyl groups excluding tert-OH is 2. The van der Waals surface area contributed by atoms with E-state index in [-0.39, 0.29) is 17.7 Å². The molecule has 23 heavy (non-hydrogen) atoms. The average Bonchev–Trinajstić information content (AvgIpc) is 2.52. The number of ether oxygens (including phenoxy) is 1. The molecule has 0 aliphatic heterocycles. The molecule has 0 aromatic rings. The second-order valence-corrected chi connectivity index (χ2v) is 5.87. The predicted octanol–water partition coefficient (Wildman–Crippen LogP) is 1.41. The molecular weight excluding hydrogens is 298 g/mol. The molecule has 3 N–H and O–H groups in total. The van der Waals surface area contributed by atoms with Crippen LogP contribution in [0.2, 0.25) is 0 Å². The lowest BCUT2D eigenvalue weighted by atomic mass is 10.2. The largest absolute Gasteiger partial charge is 0.477 e. The van der Waals surface area contributed by atoms with Gasteiger partial charge < -0.3 is 24.5 Å². The Hall–Kier alpha value is -0.950. The fourth-order valence-electron chi connectivity index (χ4n) is 2.60. The second kappa shape index (κ2) is 13.5. The van der Waals surface area contributed by atoms with E-state index in [4.69, 9.17) is 4.74 Å². The number of hydrogen-bond acceptors (Lipinski definition) is 4. The first-order valence-electron chi connectivity index (χ1n) is 8.57. The van der Waals surface area contributed by atoms with E-state index >= 15 is 0 Å². The van der Waals surface area contributed by atoms with Crippen LogP contribution >= 0.6 is 0 Å². The van der Waals surface area contributed by atoms with E-state index in [0.29, 0.717) is 32.8 Å². The van der Waals surface area contributed by atoms with Crippen molar-refractivity contribution in [2.75, 3.05) is 46.1 Å². The molecule has 0 bridgehead atoms. The van der Waals surface area contributed by atoms with Gasteiger partial charge in [0, 0.05) is 6.61 Å². The van der Waals surface area contributed by atoms with Crippen LogP contribution in [0.4, 0.5) is 0 Å². The zero-order chi connectivity index (χ0) is 17.6. The summed E-state index contributed by atoms with van der Waals surface area (Å²) in [5.41, 5.74) is 0. The molecule has 0 rings (SSSR count). The molecule has 0 radical (unpaired) electrons. The van der Waals surface area contributed by atoms with Gasteiger partial charge in [-0.05, 0) is 26.2 Å². The quantitative estimate of drug-likeness (QED) is 0.240. The Bertz CT molecular complexity index is 327. The van der Waals surface area contributed by atoms with E-state index in [9.17, 15) is 20.1 Å². The third-order valence-corrected chi connectivity index (χ3v) is 4.23. The first-order chi connectivity index (χ1) is 11.0. The minimum atomic E-state index is -0.923.